The Labute approximate surface area is 109 Å². The monoisotopic (exact) mass is 262 g/mol. The molecule has 0 bridgehead atoms. The van der Waals surface area contributed by atoms with Crippen LogP contribution in [-0.2, 0) is 6.54 Å². The van der Waals surface area contributed by atoms with Crippen molar-refractivity contribution in [3.63, 3.8) is 0 Å². The molecule has 0 saturated carbocycles. The van der Waals surface area contributed by atoms with Gasteiger partial charge >= 0.3 is 5.97 Å². The fourth-order valence-corrected chi connectivity index (χ4v) is 2.46. The molecule has 0 aliphatic carbocycles. The Morgan fingerprint density at radius 1 is 1.44 bits per heavy atom. The number of nitrogen functional groups attached to an aromatic ring is 1. The minimum absolute atomic E-state index is 0.128. The number of nitrogens with one attached hydrogen (secondary N) is 1. The van der Waals surface area contributed by atoms with E-state index >= 15 is 0 Å². The van der Waals surface area contributed by atoms with Crippen LogP contribution in [0.5, 0.6) is 0 Å². The molecule has 0 aliphatic rings. The fourth-order valence-electron chi connectivity index (χ4n) is 1.62. The van der Waals surface area contributed by atoms with E-state index < -0.39 is 5.97 Å². The van der Waals surface area contributed by atoms with Crippen molar-refractivity contribution in [2.24, 2.45) is 0 Å². The van der Waals surface area contributed by atoms with Gasteiger partial charge in [0.25, 0.3) is 0 Å². The number of thiophene rings is 1. The summed E-state index contributed by atoms with van der Waals surface area (Å²) in [5, 5.41) is 14.2. The number of hydrogen-bond acceptors (Lipinski definition) is 4. The Hall–Kier alpha value is -2.01. The van der Waals surface area contributed by atoms with Gasteiger partial charge in [-0.2, -0.15) is 0 Å². The Morgan fingerprint density at radius 2 is 2.22 bits per heavy atom. The number of rotatable bonds is 4. The van der Waals surface area contributed by atoms with E-state index in [1.165, 1.54) is 10.4 Å². The Bertz CT molecular complexity index is 578. The third-order valence-corrected chi connectivity index (χ3v) is 3.73. The average Bonchev–Trinajstić information content (AvgIpc) is 2.73. The number of aromatic carboxylic acids is 1. The number of hydrogen-bond donors (Lipinski definition) is 3. The van der Waals surface area contributed by atoms with E-state index in [1.54, 1.807) is 29.5 Å². The van der Waals surface area contributed by atoms with Crippen LogP contribution in [0.1, 0.15) is 20.8 Å². The van der Waals surface area contributed by atoms with E-state index in [2.05, 4.69) is 18.3 Å². The topological polar surface area (TPSA) is 75.3 Å². The van der Waals surface area contributed by atoms with Crippen molar-refractivity contribution in [2.45, 2.75) is 13.5 Å². The molecular formula is C13H14N2O2S. The lowest BCUT2D eigenvalue weighted by Crippen LogP contribution is -2.05. The smallest absolute Gasteiger partial charge is 0.337 e. The van der Waals surface area contributed by atoms with Crippen molar-refractivity contribution in [1.82, 2.24) is 0 Å². The highest BCUT2D eigenvalue weighted by atomic mass is 32.1. The van der Waals surface area contributed by atoms with Crippen molar-refractivity contribution in [3.05, 3.63) is 45.6 Å². The van der Waals surface area contributed by atoms with Crippen LogP contribution in [0, 0.1) is 6.92 Å². The summed E-state index contributed by atoms with van der Waals surface area (Å²) in [4.78, 5) is 12.2. The molecule has 4 nitrogen and oxygen atoms in total. The van der Waals surface area contributed by atoms with Crippen molar-refractivity contribution in [3.8, 4) is 0 Å². The van der Waals surface area contributed by atoms with E-state index in [-0.39, 0.29) is 11.3 Å². The first-order chi connectivity index (χ1) is 8.58. The van der Waals surface area contributed by atoms with Gasteiger partial charge in [-0.3, -0.25) is 0 Å². The lowest BCUT2D eigenvalue weighted by atomic mass is 10.1. The quantitative estimate of drug-likeness (QED) is 0.740. The van der Waals surface area contributed by atoms with Gasteiger partial charge in [0.2, 0.25) is 0 Å². The molecule has 1 heterocycles. The molecular weight excluding hydrogens is 248 g/mol. The van der Waals surface area contributed by atoms with Crippen LogP contribution in [0.4, 0.5) is 11.4 Å². The van der Waals surface area contributed by atoms with Gasteiger partial charge in [0, 0.05) is 22.8 Å². The second-order valence-corrected chi connectivity index (χ2v) is 4.99. The van der Waals surface area contributed by atoms with Crippen LogP contribution in [-0.4, -0.2) is 11.1 Å². The third kappa shape index (κ3) is 2.62. The zero-order valence-corrected chi connectivity index (χ0v) is 10.8. The molecule has 94 valence electrons. The average molecular weight is 262 g/mol. The molecule has 0 amide bonds. The normalized spacial score (nSPS) is 10.3. The van der Waals surface area contributed by atoms with Gasteiger partial charge in [-0.25, -0.2) is 4.79 Å². The number of carboxylic acids is 1. The number of nitrogens with two attached hydrogens (primary N) is 1. The molecule has 0 radical (unpaired) electrons. The second kappa shape index (κ2) is 5.10. The molecule has 2 rings (SSSR count). The summed E-state index contributed by atoms with van der Waals surface area (Å²) < 4.78 is 0. The first-order valence-corrected chi connectivity index (χ1v) is 6.35. The van der Waals surface area contributed by atoms with E-state index in [1.807, 2.05) is 5.38 Å². The molecule has 1 aromatic heterocycles. The van der Waals surface area contributed by atoms with Crippen molar-refractivity contribution in [2.75, 3.05) is 11.1 Å². The first-order valence-electron chi connectivity index (χ1n) is 5.47. The largest absolute Gasteiger partial charge is 0.478 e. The van der Waals surface area contributed by atoms with Crippen LogP contribution in [0.2, 0.25) is 0 Å². The lowest BCUT2D eigenvalue weighted by Gasteiger charge is -2.08. The van der Waals surface area contributed by atoms with Gasteiger partial charge in [-0.05, 0) is 42.1 Å². The third-order valence-electron chi connectivity index (χ3n) is 2.70. The zero-order valence-electron chi connectivity index (χ0n) is 9.93. The highest BCUT2D eigenvalue weighted by molar-refractivity contribution is 7.10. The highest BCUT2D eigenvalue weighted by Gasteiger charge is 2.08. The molecule has 0 spiro atoms. The molecule has 1 aromatic carbocycles. The van der Waals surface area contributed by atoms with E-state index in [0.717, 1.165) is 5.69 Å². The Balaban J connectivity index is 2.13. The van der Waals surface area contributed by atoms with Crippen molar-refractivity contribution < 1.29 is 9.90 Å². The van der Waals surface area contributed by atoms with Crippen LogP contribution in [0.3, 0.4) is 0 Å². The summed E-state index contributed by atoms with van der Waals surface area (Å²) in [5.41, 5.74) is 8.00. The molecule has 0 aliphatic heterocycles. The van der Waals surface area contributed by atoms with E-state index in [0.29, 0.717) is 6.54 Å². The molecule has 2 aromatic rings. The summed E-state index contributed by atoms with van der Waals surface area (Å²) in [7, 11) is 0. The molecule has 4 N–H and O–H groups in total. The summed E-state index contributed by atoms with van der Waals surface area (Å²) >= 11 is 1.68. The first kappa shape index (κ1) is 12.4. The van der Waals surface area contributed by atoms with Crippen LogP contribution in [0.15, 0.2) is 29.6 Å². The lowest BCUT2D eigenvalue weighted by molar-refractivity contribution is 0.0698. The van der Waals surface area contributed by atoms with Crippen molar-refractivity contribution in [1.29, 1.82) is 0 Å². The molecule has 0 unspecified atom stereocenters. The molecule has 0 fully saturated rings. The van der Waals surface area contributed by atoms with Gasteiger partial charge in [-0.1, -0.05) is 0 Å². The van der Waals surface area contributed by atoms with Gasteiger partial charge in [-0.15, -0.1) is 11.3 Å². The molecule has 0 atom stereocenters. The van der Waals surface area contributed by atoms with Gasteiger partial charge in [0.1, 0.15) is 0 Å². The maximum atomic E-state index is 11.0. The Morgan fingerprint density at radius 3 is 2.83 bits per heavy atom. The molecule has 0 saturated heterocycles. The van der Waals surface area contributed by atoms with E-state index in [9.17, 15) is 4.79 Å². The SMILES string of the molecule is Cc1ccsc1CNc1ccc(N)c(C(=O)O)c1. The maximum absolute atomic E-state index is 11.0. The summed E-state index contributed by atoms with van der Waals surface area (Å²) in [5.74, 6) is -1.01. The fraction of sp³-hybridized carbons (Fsp3) is 0.154. The van der Waals surface area contributed by atoms with Gasteiger partial charge in [0.05, 0.1) is 5.56 Å². The summed E-state index contributed by atoms with van der Waals surface area (Å²) in [6, 6.07) is 7.01. The highest BCUT2D eigenvalue weighted by Crippen LogP contribution is 2.21. The number of benzene rings is 1. The van der Waals surface area contributed by atoms with Crippen LogP contribution < -0.4 is 11.1 Å². The number of anilines is 2. The van der Waals surface area contributed by atoms with Gasteiger partial charge in [0.15, 0.2) is 0 Å². The minimum atomic E-state index is -1.01. The number of aryl methyl sites for hydroxylation is 1. The minimum Gasteiger partial charge on any atom is -0.478 e. The standard InChI is InChI=1S/C13H14N2O2S/c1-8-4-5-18-12(8)7-15-9-2-3-11(14)10(6-9)13(16)17/h2-6,15H,7,14H2,1H3,(H,16,17). The predicted octanol–water partition coefficient (Wildman–Crippen LogP) is 2.95. The molecule has 18 heavy (non-hydrogen) atoms. The van der Waals surface area contributed by atoms with E-state index in [4.69, 9.17) is 10.8 Å². The van der Waals surface area contributed by atoms with Crippen molar-refractivity contribution >= 4 is 28.7 Å². The van der Waals surface area contributed by atoms with Gasteiger partial charge < -0.3 is 16.2 Å². The summed E-state index contributed by atoms with van der Waals surface area (Å²) in [6.07, 6.45) is 0. The second-order valence-electron chi connectivity index (χ2n) is 3.99. The van der Waals surface area contributed by atoms with Crippen LogP contribution >= 0.6 is 11.3 Å². The predicted molar refractivity (Wildman–Crippen MR) is 74.2 cm³/mol. The number of carbonyl (C=O) groups is 1. The molecule has 5 heteroatoms. The van der Waals surface area contributed by atoms with Crippen LogP contribution in [0.25, 0.3) is 0 Å². The zero-order chi connectivity index (χ0) is 13.1. The Kier molecular flexibility index (Phi) is 3.53. The summed E-state index contributed by atoms with van der Waals surface area (Å²) in [6.45, 7) is 2.74. The maximum Gasteiger partial charge on any atom is 0.337 e. The number of carboxylic acid groups (broad SMARTS) is 1.